The van der Waals surface area contributed by atoms with Crippen LogP contribution in [0.2, 0.25) is 0 Å². The van der Waals surface area contributed by atoms with Gasteiger partial charge in [0.15, 0.2) is 0 Å². The molecule has 1 aliphatic carbocycles. The van der Waals surface area contributed by atoms with E-state index in [-0.39, 0.29) is 0 Å². The minimum absolute atomic E-state index is 0.688. The molecule has 0 bridgehead atoms. The maximum Gasteiger partial charge on any atom is 0.116 e. The summed E-state index contributed by atoms with van der Waals surface area (Å²) in [6.45, 7) is 4.36. The molecule has 1 N–H and O–H groups in total. The Kier molecular flexibility index (Phi) is 2.69. The second-order valence-electron chi connectivity index (χ2n) is 5.66. The van der Waals surface area contributed by atoms with Crippen molar-refractivity contribution in [3.63, 3.8) is 0 Å². The van der Waals surface area contributed by atoms with Crippen LogP contribution in [0.25, 0.3) is 5.52 Å². The molecule has 0 spiro atoms. The van der Waals surface area contributed by atoms with Gasteiger partial charge >= 0.3 is 0 Å². The molecule has 0 radical (unpaired) electrons. The van der Waals surface area contributed by atoms with Crippen molar-refractivity contribution >= 4 is 11.2 Å². The van der Waals surface area contributed by atoms with E-state index in [0.717, 1.165) is 26.2 Å². The van der Waals surface area contributed by atoms with E-state index in [4.69, 9.17) is 0 Å². The molecule has 4 heteroatoms. The highest BCUT2D eigenvalue weighted by Crippen LogP contribution is 2.36. The number of hydrogen-bond acceptors (Lipinski definition) is 3. The zero-order chi connectivity index (χ0) is 12.7. The molecule has 2 aromatic rings. The number of hydrogen-bond donors (Lipinski definition) is 1. The van der Waals surface area contributed by atoms with Crippen LogP contribution >= 0.6 is 0 Å². The molecular formula is C15H20N4. The highest BCUT2D eigenvalue weighted by molar-refractivity contribution is 5.60. The van der Waals surface area contributed by atoms with Crippen molar-refractivity contribution in [3.05, 3.63) is 30.4 Å². The van der Waals surface area contributed by atoms with Crippen LogP contribution in [0.4, 0.5) is 5.69 Å². The van der Waals surface area contributed by atoms with Gasteiger partial charge in [0.1, 0.15) is 5.82 Å². The lowest BCUT2D eigenvalue weighted by molar-refractivity contribution is 0.400. The Morgan fingerprint density at radius 2 is 2.05 bits per heavy atom. The van der Waals surface area contributed by atoms with Crippen LogP contribution < -0.4 is 10.2 Å². The fraction of sp³-hybridized carbons (Fsp3) is 0.533. The molecule has 1 aliphatic heterocycles. The van der Waals surface area contributed by atoms with Gasteiger partial charge in [-0.15, -0.1) is 0 Å². The summed E-state index contributed by atoms with van der Waals surface area (Å²) in [6, 6.07) is 4.52. The van der Waals surface area contributed by atoms with Crippen LogP contribution in [0, 0.1) is 0 Å². The summed E-state index contributed by atoms with van der Waals surface area (Å²) in [6.07, 6.45) is 8.20. The Hall–Kier alpha value is -1.55. The largest absolute Gasteiger partial charge is 0.369 e. The van der Waals surface area contributed by atoms with Crippen LogP contribution in [0.1, 0.15) is 31.0 Å². The summed E-state index contributed by atoms with van der Waals surface area (Å²) in [7, 11) is 0. The molecule has 0 atom stereocenters. The number of nitrogens with zero attached hydrogens (tertiary/aromatic N) is 3. The van der Waals surface area contributed by atoms with Gasteiger partial charge in [0.05, 0.1) is 11.7 Å². The van der Waals surface area contributed by atoms with Crippen LogP contribution in [0.15, 0.2) is 24.5 Å². The quantitative estimate of drug-likeness (QED) is 0.892. The molecule has 2 aliphatic rings. The molecule has 0 unspecified atom stereocenters. The fourth-order valence-electron chi connectivity index (χ4n) is 3.10. The van der Waals surface area contributed by atoms with Gasteiger partial charge in [0.25, 0.3) is 0 Å². The summed E-state index contributed by atoms with van der Waals surface area (Å²) in [5.74, 6) is 1.95. The molecule has 2 aromatic heterocycles. The van der Waals surface area contributed by atoms with Crippen molar-refractivity contribution in [1.82, 2.24) is 14.7 Å². The van der Waals surface area contributed by atoms with Gasteiger partial charge in [-0.25, -0.2) is 4.98 Å². The Balaban J connectivity index is 1.67. The Morgan fingerprint density at radius 3 is 2.79 bits per heavy atom. The number of rotatable bonds is 2. The molecule has 0 aromatic carbocycles. The normalized spacial score (nSPS) is 20.7. The van der Waals surface area contributed by atoms with E-state index in [2.05, 4.69) is 37.9 Å². The first kappa shape index (κ1) is 11.3. The Bertz CT molecular complexity index is 579. The lowest BCUT2D eigenvalue weighted by Gasteiger charge is -2.29. The lowest BCUT2D eigenvalue weighted by Crippen LogP contribution is -2.43. The first-order chi connectivity index (χ1) is 9.42. The number of imidazole rings is 1. The average Bonchev–Trinajstić information content (AvgIpc) is 2.81. The zero-order valence-corrected chi connectivity index (χ0v) is 11.2. The Labute approximate surface area is 113 Å². The molecule has 4 rings (SSSR count). The first-order valence-electron chi connectivity index (χ1n) is 7.34. The summed E-state index contributed by atoms with van der Waals surface area (Å²) >= 11 is 0. The molecule has 3 heterocycles. The molecule has 1 saturated heterocycles. The average molecular weight is 256 g/mol. The van der Waals surface area contributed by atoms with Crippen molar-refractivity contribution in [2.24, 2.45) is 0 Å². The van der Waals surface area contributed by atoms with Gasteiger partial charge in [-0.2, -0.15) is 0 Å². The summed E-state index contributed by atoms with van der Waals surface area (Å²) in [5.41, 5.74) is 2.56. The highest BCUT2D eigenvalue weighted by Gasteiger charge is 2.23. The number of anilines is 1. The minimum Gasteiger partial charge on any atom is -0.369 e. The number of fused-ring (bicyclic) bond motifs is 1. The molecule has 1 saturated carbocycles. The first-order valence-corrected chi connectivity index (χ1v) is 7.34. The maximum absolute atomic E-state index is 4.64. The molecule has 2 fully saturated rings. The molecular weight excluding hydrogens is 236 g/mol. The zero-order valence-electron chi connectivity index (χ0n) is 11.2. The van der Waals surface area contributed by atoms with Gasteiger partial charge in [-0.1, -0.05) is 6.42 Å². The predicted octanol–water partition coefficient (Wildman–Crippen LogP) is 2.01. The predicted molar refractivity (Wildman–Crippen MR) is 76.9 cm³/mol. The third-order valence-corrected chi connectivity index (χ3v) is 4.50. The molecule has 4 nitrogen and oxygen atoms in total. The third-order valence-electron chi connectivity index (χ3n) is 4.50. The van der Waals surface area contributed by atoms with Crippen molar-refractivity contribution in [2.75, 3.05) is 31.1 Å². The third kappa shape index (κ3) is 1.91. The van der Waals surface area contributed by atoms with E-state index in [1.165, 1.54) is 36.3 Å². The van der Waals surface area contributed by atoms with Gasteiger partial charge in [-0.05, 0) is 25.0 Å². The summed E-state index contributed by atoms with van der Waals surface area (Å²) in [4.78, 5) is 7.09. The monoisotopic (exact) mass is 256 g/mol. The van der Waals surface area contributed by atoms with Gasteiger partial charge in [-0.3, -0.25) is 0 Å². The van der Waals surface area contributed by atoms with E-state index in [0.29, 0.717) is 5.92 Å². The smallest absolute Gasteiger partial charge is 0.116 e. The number of nitrogens with one attached hydrogen (secondary N) is 1. The summed E-state index contributed by atoms with van der Waals surface area (Å²) in [5, 5.41) is 3.40. The highest BCUT2D eigenvalue weighted by atomic mass is 15.2. The van der Waals surface area contributed by atoms with Crippen LogP contribution in [-0.4, -0.2) is 35.6 Å². The van der Waals surface area contributed by atoms with Crippen molar-refractivity contribution in [3.8, 4) is 0 Å². The van der Waals surface area contributed by atoms with Crippen molar-refractivity contribution in [2.45, 2.75) is 25.2 Å². The second kappa shape index (κ2) is 4.53. The second-order valence-corrected chi connectivity index (χ2v) is 5.66. The molecule has 0 amide bonds. The van der Waals surface area contributed by atoms with Gasteiger partial charge in [0.2, 0.25) is 0 Å². The number of piperazine rings is 1. The molecule has 100 valence electrons. The fourth-order valence-corrected chi connectivity index (χ4v) is 3.10. The standard InChI is InChI=1S/C15H20N4/c1-2-12(3-1)15-17-11-14-10-13(4-7-19(14)15)18-8-5-16-6-9-18/h4,7,10-12,16H,1-3,5-6,8-9H2. The van der Waals surface area contributed by atoms with Crippen molar-refractivity contribution < 1.29 is 0 Å². The van der Waals surface area contributed by atoms with Crippen LogP contribution in [-0.2, 0) is 0 Å². The van der Waals surface area contributed by atoms with E-state index in [1.54, 1.807) is 0 Å². The SMILES string of the molecule is c1cn2c(C3CCC3)ncc2cc1N1CCNCC1. The van der Waals surface area contributed by atoms with Crippen LogP contribution in [0.3, 0.4) is 0 Å². The van der Waals surface area contributed by atoms with Crippen LogP contribution in [0.5, 0.6) is 0 Å². The number of pyridine rings is 1. The Morgan fingerprint density at radius 1 is 1.21 bits per heavy atom. The topological polar surface area (TPSA) is 32.6 Å². The maximum atomic E-state index is 4.64. The number of aromatic nitrogens is 2. The van der Waals surface area contributed by atoms with E-state index < -0.39 is 0 Å². The van der Waals surface area contributed by atoms with E-state index in [1.807, 2.05) is 6.20 Å². The minimum atomic E-state index is 0.688. The van der Waals surface area contributed by atoms with Gasteiger partial charge < -0.3 is 14.6 Å². The van der Waals surface area contributed by atoms with Crippen molar-refractivity contribution in [1.29, 1.82) is 0 Å². The summed E-state index contributed by atoms with van der Waals surface area (Å²) < 4.78 is 2.27. The molecule has 19 heavy (non-hydrogen) atoms. The van der Waals surface area contributed by atoms with E-state index >= 15 is 0 Å². The van der Waals surface area contributed by atoms with Gasteiger partial charge in [0, 0.05) is 44.0 Å². The lowest BCUT2D eigenvalue weighted by atomic mass is 9.85. The van der Waals surface area contributed by atoms with E-state index in [9.17, 15) is 0 Å².